The fourth-order valence-electron chi connectivity index (χ4n) is 3.16. The summed E-state index contributed by atoms with van der Waals surface area (Å²) in [5.41, 5.74) is 1.95. The molecule has 7 heteroatoms. The summed E-state index contributed by atoms with van der Waals surface area (Å²) in [6.07, 6.45) is 3.71. The number of carbonyl (C=O) groups excluding carboxylic acids is 1. The van der Waals surface area contributed by atoms with Crippen LogP contribution in [0.5, 0.6) is 0 Å². The smallest absolute Gasteiger partial charge is 0.257 e. The number of piperidine rings is 1. The van der Waals surface area contributed by atoms with E-state index in [1.807, 2.05) is 11.9 Å². The number of hydrogen-bond donors (Lipinski definition) is 2. The quantitative estimate of drug-likeness (QED) is 0.889. The van der Waals surface area contributed by atoms with E-state index in [1.165, 1.54) is 12.1 Å². The molecular weight excluding hydrogens is 331 g/mol. The van der Waals surface area contributed by atoms with Gasteiger partial charge in [0.15, 0.2) is 0 Å². The van der Waals surface area contributed by atoms with Gasteiger partial charge in [-0.05, 0) is 56.6 Å². The molecule has 130 valence electrons. The number of nitrogens with zero attached hydrogens (tertiary/aromatic N) is 2. The number of hydrogen-bond acceptors (Lipinski definition) is 3. The second-order valence-electron chi connectivity index (χ2n) is 5.98. The molecule has 0 spiro atoms. The summed E-state index contributed by atoms with van der Waals surface area (Å²) in [6.45, 7) is 2.45. The van der Waals surface area contributed by atoms with Gasteiger partial charge < -0.3 is 10.2 Å². The summed E-state index contributed by atoms with van der Waals surface area (Å²) >= 11 is 0. The van der Waals surface area contributed by atoms with Crippen molar-refractivity contribution in [3.8, 4) is 11.3 Å². The highest BCUT2D eigenvalue weighted by atomic mass is 35.5. The van der Waals surface area contributed by atoms with Gasteiger partial charge in [0, 0.05) is 18.7 Å². The fraction of sp³-hybridized carbons (Fsp3) is 0.412. The lowest BCUT2D eigenvalue weighted by Crippen LogP contribution is -2.42. The molecule has 2 N–H and O–H groups in total. The molecule has 0 aliphatic carbocycles. The fourth-order valence-corrected chi connectivity index (χ4v) is 3.16. The summed E-state index contributed by atoms with van der Waals surface area (Å²) in [5.74, 6) is 0.171. The lowest BCUT2D eigenvalue weighted by molar-refractivity contribution is 0.0675. The summed E-state index contributed by atoms with van der Waals surface area (Å²) in [5, 5.41) is 10.1. The molecule has 1 aromatic carbocycles. The molecule has 1 unspecified atom stereocenters. The first-order chi connectivity index (χ1) is 11.2. The van der Waals surface area contributed by atoms with Crippen LogP contribution in [0, 0.1) is 11.7 Å². The lowest BCUT2D eigenvalue weighted by Gasteiger charge is -2.32. The molecule has 1 amide bonds. The van der Waals surface area contributed by atoms with Crippen LogP contribution in [-0.2, 0) is 0 Å². The number of likely N-dealkylation sites (tertiary alicyclic amines) is 1. The monoisotopic (exact) mass is 352 g/mol. The minimum absolute atomic E-state index is 0. The van der Waals surface area contributed by atoms with Crippen LogP contribution in [-0.4, -0.2) is 47.7 Å². The van der Waals surface area contributed by atoms with Crippen LogP contribution < -0.4 is 5.32 Å². The van der Waals surface area contributed by atoms with Crippen LogP contribution in [0.2, 0.25) is 0 Å². The molecule has 1 aromatic heterocycles. The van der Waals surface area contributed by atoms with Gasteiger partial charge in [-0.15, -0.1) is 12.4 Å². The van der Waals surface area contributed by atoms with Crippen molar-refractivity contribution in [2.75, 3.05) is 26.7 Å². The molecule has 5 nitrogen and oxygen atoms in total. The zero-order chi connectivity index (χ0) is 16.2. The van der Waals surface area contributed by atoms with E-state index in [0.29, 0.717) is 17.2 Å². The lowest BCUT2D eigenvalue weighted by atomic mass is 9.97. The Morgan fingerprint density at radius 1 is 1.42 bits per heavy atom. The van der Waals surface area contributed by atoms with Gasteiger partial charge in [-0.25, -0.2) is 4.39 Å². The maximum absolute atomic E-state index is 13.1. The third kappa shape index (κ3) is 3.94. The maximum atomic E-state index is 13.1. The minimum atomic E-state index is -0.299. The number of carbonyl (C=O) groups is 1. The number of aromatic nitrogens is 2. The molecule has 1 atom stereocenters. The number of nitrogens with one attached hydrogen (secondary N) is 2. The highest BCUT2D eigenvalue weighted by Crippen LogP contribution is 2.24. The third-order valence-electron chi connectivity index (χ3n) is 4.30. The Kier molecular flexibility index (Phi) is 6.34. The summed E-state index contributed by atoms with van der Waals surface area (Å²) in [4.78, 5) is 14.7. The Balaban J connectivity index is 0.00000208. The van der Waals surface area contributed by atoms with Crippen LogP contribution >= 0.6 is 12.4 Å². The van der Waals surface area contributed by atoms with Crippen LogP contribution in [0.1, 0.15) is 23.2 Å². The molecule has 2 aromatic rings. The van der Waals surface area contributed by atoms with Crippen molar-refractivity contribution >= 4 is 18.3 Å². The average molecular weight is 353 g/mol. The predicted molar refractivity (Wildman–Crippen MR) is 93.8 cm³/mol. The van der Waals surface area contributed by atoms with Gasteiger partial charge in [0.25, 0.3) is 5.91 Å². The van der Waals surface area contributed by atoms with Gasteiger partial charge in [-0.2, -0.15) is 5.10 Å². The molecule has 1 fully saturated rings. The Labute approximate surface area is 147 Å². The van der Waals surface area contributed by atoms with Crippen molar-refractivity contribution in [3.05, 3.63) is 41.8 Å². The topological polar surface area (TPSA) is 61.0 Å². The van der Waals surface area contributed by atoms with Crippen molar-refractivity contribution in [1.82, 2.24) is 20.4 Å². The van der Waals surface area contributed by atoms with E-state index >= 15 is 0 Å². The molecule has 24 heavy (non-hydrogen) atoms. The summed E-state index contributed by atoms with van der Waals surface area (Å²) in [7, 11) is 1.93. The zero-order valence-electron chi connectivity index (χ0n) is 13.6. The minimum Gasteiger partial charge on any atom is -0.338 e. The van der Waals surface area contributed by atoms with Gasteiger partial charge in [-0.1, -0.05) is 0 Å². The SMILES string of the molecule is CNCC1CCCN(C(=O)c2cn[nH]c2-c2ccc(F)cc2)C1.Cl. The molecule has 0 saturated carbocycles. The zero-order valence-corrected chi connectivity index (χ0v) is 14.4. The third-order valence-corrected chi connectivity index (χ3v) is 4.30. The predicted octanol–water partition coefficient (Wildman–Crippen LogP) is 2.71. The Bertz CT molecular complexity index is 671. The van der Waals surface area contributed by atoms with Crippen molar-refractivity contribution in [3.63, 3.8) is 0 Å². The van der Waals surface area contributed by atoms with Gasteiger partial charge in [0.05, 0.1) is 17.5 Å². The molecule has 1 aliphatic rings. The second kappa shape index (κ2) is 8.26. The maximum Gasteiger partial charge on any atom is 0.257 e. The highest BCUT2D eigenvalue weighted by molar-refractivity contribution is 5.99. The first-order valence-corrected chi connectivity index (χ1v) is 7.92. The van der Waals surface area contributed by atoms with Gasteiger partial charge in [0.1, 0.15) is 5.82 Å². The van der Waals surface area contributed by atoms with E-state index < -0.39 is 0 Å². The van der Waals surface area contributed by atoms with Crippen molar-refractivity contribution in [2.45, 2.75) is 12.8 Å². The molecule has 3 rings (SSSR count). The Morgan fingerprint density at radius 2 is 2.17 bits per heavy atom. The standard InChI is InChI=1S/C17H21FN4O.ClH/c1-19-9-12-3-2-8-22(11-12)17(23)15-10-20-21-16(15)13-4-6-14(18)7-5-13;/h4-7,10,12,19H,2-3,8-9,11H2,1H3,(H,20,21);1H. The van der Waals surface area contributed by atoms with E-state index in [2.05, 4.69) is 15.5 Å². The van der Waals surface area contributed by atoms with E-state index in [0.717, 1.165) is 38.0 Å². The van der Waals surface area contributed by atoms with E-state index in [4.69, 9.17) is 0 Å². The second-order valence-corrected chi connectivity index (χ2v) is 5.98. The van der Waals surface area contributed by atoms with Crippen molar-refractivity contribution < 1.29 is 9.18 Å². The Hall–Kier alpha value is -1.92. The molecular formula is C17H22ClFN4O. The van der Waals surface area contributed by atoms with Crippen LogP contribution in [0.3, 0.4) is 0 Å². The number of halogens is 2. The van der Waals surface area contributed by atoms with Gasteiger partial charge in [-0.3, -0.25) is 9.89 Å². The molecule has 0 bridgehead atoms. The van der Waals surface area contributed by atoms with Crippen molar-refractivity contribution in [2.24, 2.45) is 5.92 Å². The number of H-pyrrole nitrogens is 1. The van der Waals surface area contributed by atoms with Gasteiger partial charge in [0.2, 0.25) is 0 Å². The Morgan fingerprint density at radius 3 is 2.88 bits per heavy atom. The van der Waals surface area contributed by atoms with Crippen LogP contribution in [0.15, 0.2) is 30.5 Å². The van der Waals surface area contributed by atoms with E-state index in [1.54, 1.807) is 18.3 Å². The average Bonchev–Trinajstić information content (AvgIpc) is 3.05. The van der Waals surface area contributed by atoms with Gasteiger partial charge >= 0.3 is 0 Å². The first-order valence-electron chi connectivity index (χ1n) is 7.92. The number of benzene rings is 1. The summed E-state index contributed by atoms with van der Waals surface area (Å²) in [6, 6.07) is 6.07. The van der Waals surface area contributed by atoms with E-state index in [-0.39, 0.29) is 24.1 Å². The first kappa shape index (κ1) is 18.4. The number of rotatable bonds is 4. The van der Waals surface area contributed by atoms with Crippen molar-refractivity contribution in [1.29, 1.82) is 0 Å². The molecule has 2 heterocycles. The highest BCUT2D eigenvalue weighted by Gasteiger charge is 2.26. The normalized spacial score (nSPS) is 17.4. The van der Waals surface area contributed by atoms with Crippen LogP contribution in [0.25, 0.3) is 11.3 Å². The van der Waals surface area contributed by atoms with E-state index in [9.17, 15) is 9.18 Å². The molecule has 1 aliphatic heterocycles. The summed E-state index contributed by atoms with van der Waals surface area (Å²) < 4.78 is 13.1. The molecule has 1 saturated heterocycles. The number of amides is 1. The molecule has 0 radical (unpaired) electrons. The number of aromatic amines is 1. The van der Waals surface area contributed by atoms with Crippen LogP contribution in [0.4, 0.5) is 4.39 Å². The largest absolute Gasteiger partial charge is 0.338 e.